The van der Waals surface area contributed by atoms with Crippen molar-refractivity contribution >= 4 is 0 Å². The van der Waals surface area contributed by atoms with Gasteiger partial charge >= 0.3 is 0 Å². The van der Waals surface area contributed by atoms with E-state index in [1.807, 2.05) is 24.3 Å². The van der Waals surface area contributed by atoms with Crippen molar-refractivity contribution in [2.75, 3.05) is 13.2 Å². The van der Waals surface area contributed by atoms with Gasteiger partial charge in [0.1, 0.15) is 5.82 Å². The summed E-state index contributed by atoms with van der Waals surface area (Å²) < 4.78 is 24.3. The number of rotatable bonds is 4. The summed E-state index contributed by atoms with van der Waals surface area (Å²) in [4.78, 5) is 0. The first-order valence-corrected chi connectivity index (χ1v) is 9.02. The fourth-order valence-corrected chi connectivity index (χ4v) is 2.70. The number of benzene rings is 2. The highest BCUT2D eigenvalue weighted by Crippen LogP contribution is 2.20. The Hall–Kier alpha value is -2.41. The third kappa shape index (κ3) is 5.29. The van der Waals surface area contributed by atoms with Gasteiger partial charge in [-0.1, -0.05) is 55.7 Å². The van der Waals surface area contributed by atoms with Crippen molar-refractivity contribution in [2.24, 2.45) is 5.92 Å². The first-order valence-electron chi connectivity index (χ1n) is 9.02. The highest BCUT2D eigenvalue weighted by Gasteiger charge is 2.18. The molecule has 1 fully saturated rings. The first-order chi connectivity index (χ1) is 12.7. The average Bonchev–Trinajstić information content (AvgIpc) is 2.69. The SMILES string of the molecule is CCC/C=C/C1COC(C#Cc2ccc(-c3ccc(F)cc3)cc2)OC1. The van der Waals surface area contributed by atoms with Crippen LogP contribution in [-0.4, -0.2) is 19.5 Å². The third-order valence-electron chi connectivity index (χ3n) is 4.18. The molecule has 0 aliphatic carbocycles. The maximum absolute atomic E-state index is 13.0. The lowest BCUT2D eigenvalue weighted by Crippen LogP contribution is -2.30. The van der Waals surface area contributed by atoms with Gasteiger partial charge in [-0.05, 0) is 47.7 Å². The van der Waals surface area contributed by atoms with Crippen LogP contribution >= 0.6 is 0 Å². The Morgan fingerprint density at radius 3 is 2.23 bits per heavy atom. The van der Waals surface area contributed by atoms with Crippen molar-refractivity contribution in [2.45, 2.75) is 26.1 Å². The maximum atomic E-state index is 13.0. The Bertz CT molecular complexity index is 774. The fraction of sp³-hybridized carbons (Fsp3) is 0.304. The summed E-state index contributed by atoms with van der Waals surface area (Å²) in [7, 11) is 0. The molecule has 0 spiro atoms. The van der Waals surface area contributed by atoms with Crippen molar-refractivity contribution in [3.8, 4) is 23.0 Å². The Kier molecular flexibility index (Phi) is 6.60. The molecule has 134 valence electrons. The van der Waals surface area contributed by atoms with Gasteiger partial charge < -0.3 is 9.47 Å². The summed E-state index contributed by atoms with van der Waals surface area (Å²) in [6.45, 7) is 3.45. The molecule has 3 heteroatoms. The van der Waals surface area contributed by atoms with E-state index < -0.39 is 6.29 Å². The molecule has 0 aromatic heterocycles. The van der Waals surface area contributed by atoms with Crippen LogP contribution in [0.5, 0.6) is 0 Å². The molecule has 0 unspecified atom stereocenters. The molecule has 2 aromatic carbocycles. The molecule has 0 amide bonds. The predicted molar refractivity (Wildman–Crippen MR) is 102 cm³/mol. The van der Waals surface area contributed by atoms with Gasteiger partial charge in [0.2, 0.25) is 6.29 Å². The molecular formula is C23H23FO2. The largest absolute Gasteiger partial charge is 0.341 e. The smallest absolute Gasteiger partial charge is 0.222 e. The van der Waals surface area contributed by atoms with Gasteiger partial charge in [0.15, 0.2) is 0 Å². The lowest BCUT2D eigenvalue weighted by atomic mass is 10.0. The second kappa shape index (κ2) is 9.33. The van der Waals surface area contributed by atoms with Gasteiger partial charge in [-0.25, -0.2) is 4.39 Å². The van der Waals surface area contributed by atoms with E-state index in [9.17, 15) is 4.39 Å². The van der Waals surface area contributed by atoms with E-state index in [4.69, 9.17) is 9.47 Å². The van der Waals surface area contributed by atoms with Crippen LogP contribution in [0.2, 0.25) is 0 Å². The summed E-state index contributed by atoms with van der Waals surface area (Å²) in [6, 6.07) is 14.3. The van der Waals surface area contributed by atoms with Crippen LogP contribution in [0.15, 0.2) is 60.7 Å². The van der Waals surface area contributed by atoms with E-state index in [-0.39, 0.29) is 5.82 Å². The van der Waals surface area contributed by atoms with Crippen LogP contribution in [0, 0.1) is 23.6 Å². The van der Waals surface area contributed by atoms with Crippen LogP contribution in [0.3, 0.4) is 0 Å². The molecule has 0 saturated carbocycles. The standard InChI is InChI=1S/C23H23FO2/c1-2-3-4-5-19-16-25-23(26-17-19)15-8-18-6-9-20(10-7-18)21-11-13-22(24)14-12-21/h4-7,9-14,19,23H,2-3,16-17H2,1H3/b5-4+. The average molecular weight is 350 g/mol. The Balaban J connectivity index is 1.55. The maximum Gasteiger partial charge on any atom is 0.222 e. The topological polar surface area (TPSA) is 18.5 Å². The molecule has 2 nitrogen and oxygen atoms in total. The fourth-order valence-electron chi connectivity index (χ4n) is 2.70. The zero-order valence-corrected chi connectivity index (χ0v) is 15.0. The quantitative estimate of drug-likeness (QED) is 0.558. The molecule has 0 radical (unpaired) electrons. The minimum Gasteiger partial charge on any atom is -0.341 e. The van der Waals surface area contributed by atoms with Crippen LogP contribution < -0.4 is 0 Å². The number of halogens is 1. The molecule has 26 heavy (non-hydrogen) atoms. The number of hydrogen-bond acceptors (Lipinski definition) is 2. The summed E-state index contributed by atoms with van der Waals surface area (Å²) in [6.07, 6.45) is 6.13. The van der Waals surface area contributed by atoms with Gasteiger partial charge in [0, 0.05) is 11.5 Å². The molecule has 0 atom stereocenters. The molecule has 0 bridgehead atoms. The molecular weight excluding hydrogens is 327 g/mol. The van der Waals surface area contributed by atoms with Crippen LogP contribution in [0.4, 0.5) is 4.39 Å². The van der Waals surface area contributed by atoms with Gasteiger partial charge in [0.25, 0.3) is 0 Å². The van der Waals surface area contributed by atoms with E-state index in [1.165, 1.54) is 12.1 Å². The van der Waals surface area contributed by atoms with Crippen LogP contribution in [0.25, 0.3) is 11.1 Å². The Morgan fingerprint density at radius 2 is 1.62 bits per heavy atom. The lowest BCUT2D eigenvalue weighted by molar-refractivity contribution is -0.160. The molecule has 2 aromatic rings. The monoisotopic (exact) mass is 350 g/mol. The summed E-state index contributed by atoms with van der Waals surface area (Å²) in [5, 5.41) is 0. The zero-order valence-electron chi connectivity index (χ0n) is 15.0. The molecule has 1 saturated heterocycles. The van der Waals surface area contributed by atoms with Crippen LogP contribution in [0.1, 0.15) is 25.3 Å². The highest BCUT2D eigenvalue weighted by atomic mass is 19.1. The van der Waals surface area contributed by atoms with Crippen LogP contribution in [-0.2, 0) is 9.47 Å². The lowest BCUT2D eigenvalue weighted by Gasteiger charge is -2.24. The summed E-state index contributed by atoms with van der Waals surface area (Å²) in [5.74, 6) is 6.20. The van der Waals surface area contributed by atoms with E-state index in [1.54, 1.807) is 12.1 Å². The highest BCUT2D eigenvalue weighted by molar-refractivity contribution is 5.64. The second-order valence-corrected chi connectivity index (χ2v) is 6.33. The second-order valence-electron chi connectivity index (χ2n) is 6.33. The summed E-state index contributed by atoms with van der Waals surface area (Å²) in [5.41, 5.74) is 2.91. The van der Waals surface area contributed by atoms with E-state index in [2.05, 4.69) is 30.9 Å². The Labute approximate surface area is 154 Å². The van der Waals surface area contributed by atoms with Crippen molar-refractivity contribution in [3.05, 3.63) is 72.1 Å². The van der Waals surface area contributed by atoms with Gasteiger partial charge in [-0.2, -0.15) is 0 Å². The predicted octanol–water partition coefficient (Wildman–Crippen LogP) is 5.19. The molecule has 0 N–H and O–H groups in total. The summed E-state index contributed by atoms with van der Waals surface area (Å²) >= 11 is 0. The number of ether oxygens (including phenoxy) is 2. The normalized spacial score (nSPS) is 19.9. The molecule has 1 aliphatic heterocycles. The minimum atomic E-state index is -0.470. The van der Waals surface area contributed by atoms with Crippen molar-refractivity contribution in [1.29, 1.82) is 0 Å². The number of hydrogen-bond donors (Lipinski definition) is 0. The van der Waals surface area contributed by atoms with Gasteiger partial charge in [0.05, 0.1) is 13.2 Å². The molecule has 1 aliphatic rings. The van der Waals surface area contributed by atoms with Crippen molar-refractivity contribution in [1.82, 2.24) is 0 Å². The van der Waals surface area contributed by atoms with E-state index in [0.29, 0.717) is 19.1 Å². The van der Waals surface area contributed by atoms with Gasteiger partial charge in [-0.3, -0.25) is 0 Å². The molecule has 3 rings (SSSR count). The minimum absolute atomic E-state index is 0.230. The van der Waals surface area contributed by atoms with Gasteiger partial charge in [-0.15, -0.1) is 0 Å². The zero-order chi connectivity index (χ0) is 18.2. The van der Waals surface area contributed by atoms with E-state index >= 15 is 0 Å². The van der Waals surface area contributed by atoms with Crippen molar-refractivity contribution in [3.63, 3.8) is 0 Å². The first kappa shape index (κ1) is 18.4. The number of allylic oxidation sites excluding steroid dienone is 1. The Morgan fingerprint density at radius 1 is 1.00 bits per heavy atom. The van der Waals surface area contributed by atoms with Crippen molar-refractivity contribution < 1.29 is 13.9 Å². The third-order valence-corrected chi connectivity index (χ3v) is 4.18. The number of unbranched alkanes of at least 4 members (excludes halogenated alkanes) is 1. The van der Waals surface area contributed by atoms with E-state index in [0.717, 1.165) is 29.5 Å². The molecule has 1 heterocycles.